The maximum Gasteiger partial charge on any atom is 0.326 e. The fourth-order valence-corrected chi connectivity index (χ4v) is 0.871. The van der Waals surface area contributed by atoms with E-state index in [2.05, 4.69) is 5.32 Å². The van der Waals surface area contributed by atoms with E-state index in [1.807, 2.05) is 5.32 Å². The molecule has 0 saturated heterocycles. The number of aliphatic carboxylic acids is 2. The minimum absolute atomic E-state index is 0.301. The first kappa shape index (κ1) is 14.8. The van der Waals surface area contributed by atoms with E-state index in [1.54, 1.807) is 0 Å². The third-order valence-electron chi connectivity index (χ3n) is 1.64. The molecular weight excluding hydrogens is 234 g/mol. The molecule has 1 atom stereocenters. The topological polar surface area (TPSA) is 159 Å². The van der Waals surface area contributed by atoms with Gasteiger partial charge in [-0.2, -0.15) is 0 Å². The molecule has 6 N–H and O–H groups in total. The second-order valence-corrected chi connectivity index (χ2v) is 3.04. The van der Waals surface area contributed by atoms with Gasteiger partial charge in [0.1, 0.15) is 6.04 Å². The van der Waals surface area contributed by atoms with Crippen molar-refractivity contribution in [3.05, 3.63) is 0 Å². The zero-order valence-electron chi connectivity index (χ0n) is 8.80. The largest absolute Gasteiger partial charge is 0.481 e. The highest BCUT2D eigenvalue weighted by atomic mass is 16.4. The molecule has 0 spiro atoms. The Hall–Kier alpha value is -2.16. The number of carbonyl (C=O) groups is 4. The van der Waals surface area contributed by atoms with Gasteiger partial charge < -0.3 is 26.6 Å². The summed E-state index contributed by atoms with van der Waals surface area (Å²) in [6.45, 7) is -0.760. The van der Waals surface area contributed by atoms with Crippen LogP contribution in [0.1, 0.15) is 6.42 Å². The molecule has 17 heavy (non-hydrogen) atoms. The minimum atomic E-state index is -1.53. The van der Waals surface area contributed by atoms with Crippen molar-refractivity contribution in [1.82, 2.24) is 10.6 Å². The van der Waals surface area contributed by atoms with Crippen LogP contribution < -0.4 is 16.4 Å². The Bertz CT molecular complexity index is 329. The van der Waals surface area contributed by atoms with E-state index in [0.29, 0.717) is 0 Å². The fraction of sp³-hybridized carbons (Fsp3) is 0.500. The lowest BCUT2D eigenvalue weighted by atomic mass is 10.2. The first-order valence-electron chi connectivity index (χ1n) is 4.57. The Morgan fingerprint density at radius 1 is 1.12 bits per heavy atom. The predicted molar refractivity (Wildman–Crippen MR) is 53.9 cm³/mol. The maximum atomic E-state index is 11.1. The summed E-state index contributed by atoms with van der Waals surface area (Å²) in [5.74, 6) is -4.21. The average Bonchev–Trinajstić information content (AvgIpc) is 2.24. The van der Waals surface area contributed by atoms with Crippen molar-refractivity contribution in [3.63, 3.8) is 0 Å². The smallest absolute Gasteiger partial charge is 0.326 e. The van der Waals surface area contributed by atoms with Crippen molar-refractivity contribution in [2.24, 2.45) is 5.73 Å². The van der Waals surface area contributed by atoms with Crippen LogP contribution in [0.5, 0.6) is 0 Å². The second-order valence-electron chi connectivity index (χ2n) is 3.04. The Morgan fingerprint density at radius 2 is 1.71 bits per heavy atom. The molecule has 0 bridgehead atoms. The number of carboxylic acids is 2. The summed E-state index contributed by atoms with van der Waals surface area (Å²) >= 11 is 0. The molecule has 0 aliphatic heterocycles. The highest BCUT2D eigenvalue weighted by Gasteiger charge is 2.22. The summed E-state index contributed by atoms with van der Waals surface area (Å²) in [4.78, 5) is 42.7. The average molecular weight is 247 g/mol. The van der Waals surface area contributed by atoms with Gasteiger partial charge in [-0.25, -0.2) is 4.79 Å². The number of hydrogen-bond donors (Lipinski definition) is 5. The predicted octanol–water partition coefficient (Wildman–Crippen LogP) is -2.89. The van der Waals surface area contributed by atoms with Gasteiger partial charge in [-0.3, -0.25) is 14.4 Å². The fourth-order valence-electron chi connectivity index (χ4n) is 0.871. The molecule has 0 radical (unpaired) electrons. The molecular formula is C8H13N3O6. The quantitative estimate of drug-likeness (QED) is 0.322. The Kier molecular flexibility index (Phi) is 6.26. The lowest BCUT2D eigenvalue weighted by Crippen LogP contribution is -2.47. The van der Waals surface area contributed by atoms with E-state index in [-0.39, 0.29) is 6.54 Å². The van der Waals surface area contributed by atoms with E-state index in [9.17, 15) is 19.2 Å². The Labute approximate surface area is 96.0 Å². The lowest BCUT2D eigenvalue weighted by Gasteiger charge is -2.12. The SMILES string of the molecule is NCC(=O)NCC(=O)NC(CC(=O)O)C(=O)O. The summed E-state index contributed by atoms with van der Waals surface area (Å²) < 4.78 is 0. The van der Waals surface area contributed by atoms with Crippen LogP contribution in [-0.4, -0.2) is 53.1 Å². The summed E-state index contributed by atoms with van der Waals surface area (Å²) in [7, 11) is 0. The van der Waals surface area contributed by atoms with Gasteiger partial charge in [0.2, 0.25) is 11.8 Å². The molecule has 2 amide bonds. The van der Waals surface area contributed by atoms with Crippen molar-refractivity contribution >= 4 is 23.8 Å². The molecule has 0 rings (SSSR count). The third-order valence-corrected chi connectivity index (χ3v) is 1.64. The number of nitrogens with two attached hydrogens (primary N) is 1. The highest BCUT2D eigenvalue weighted by Crippen LogP contribution is 1.92. The van der Waals surface area contributed by atoms with Crippen LogP contribution in [0, 0.1) is 0 Å². The van der Waals surface area contributed by atoms with E-state index in [1.165, 1.54) is 0 Å². The maximum absolute atomic E-state index is 11.1. The van der Waals surface area contributed by atoms with E-state index < -0.39 is 42.8 Å². The number of hydrogen-bond acceptors (Lipinski definition) is 5. The molecule has 0 aromatic rings. The van der Waals surface area contributed by atoms with Crippen LogP contribution in [0.2, 0.25) is 0 Å². The molecule has 96 valence electrons. The molecule has 9 heteroatoms. The van der Waals surface area contributed by atoms with Gasteiger partial charge in [0.15, 0.2) is 0 Å². The van der Waals surface area contributed by atoms with Gasteiger partial charge in [-0.05, 0) is 0 Å². The number of nitrogens with one attached hydrogen (secondary N) is 2. The lowest BCUT2D eigenvalue weighted by molar-refractivity contribution is -0.147. The zero-order valence-corrected chi connectivity index (χ0v) is 8.80. The second kappa shape index (κ2) is 7.17. The molecule has 0 saturated carbocycles. The van der Waals surface area contributed by atoms with Gasteiger partial charge in [-0.15, -0.1) is 0 Å². The molecule has 9 nitrogen and oxygen atoms in total. The Balaban J connectivity index is 4.17. The van der Waals surface area contributed by atoms with Crippen molar-refractivity contribution in [1.29, 1.82) is 0 Å². The normalized spacial score (nSPS) is 11.4. The minimum Gasteiger partial charge on any atom is -0.481 e. The first-order chi connectivity index (χ1) is 7.86. The zero-order chi connectivity index (χ0) is 13.4. The van der Waals surface area contributed by atoms with Crippen LogP contribution in [0.25, 0.3) is 0 Å². The summed E-state index contributed by atoms with van der Waals surface area (Å²) in [6, 6.07) is -1.53. The van der Waals surface area contributed by atoms with Crippen LogP contribution >= 0.6 is 0 Å². The van der Waals surface area contributed by atoms with Crippen LogP contribution in [0.3, 0.4) is 0 Å². The molecule has 0 aromatic carbocycles. The van der Waals surface area contributed by atoms with Gasteiger partial charge in [0, 0.05) is 0 Å². The van der Waals surface area contributed by atoms with Crippen LogP contribution in [0.4, 0.5) is 0 Å². The molecule has 0 aromatic heterocycles. The molecule has 0 heterocycles. The van der Waals surface area contributed by atoms with Gasteiger partial charge in [0.25, 0.3) is 0 Å². The van der Waals surface area contributed by atoms with Gasteiger partial charge in [0.05, 0.1) is 19.5 Å². The molecule has 0 aliphatic rings. The van der Waals surface area contributed by atoms with Crippen LogP contribution in [0.15, 0.2) is 0 Å². The first-order valence-corrected chi connectivity index (χ1v) is 4.57. The van der Waals surface area contributed by atoms with E-state index in [4.69, 9.17) is 15.9 Å². The number of rotatable bonds is 7. The van der Waals surface area contributed by atoms with Crippen molar-refractivity contribution < 1.29 is 29.4 Å². The number of carbonyl (C=O) groups excluding carboxylic acids is 2. The van der Waals surface area contributed by atoms with Gasteiger partial charge >= 0.3 is 11.9 Å². The third kappa shape index (κ3) is 6.84. The van der Waals surface area contributed by atoms with E-state index in [0.717, 1.165) is 0 Å². The Morgan fingerprint density at radius 3 is 2.12 bits per heavy atom. The summed E-state index contributed by atoms with van der Waals surface area (Å²) in [5, 5.41) is 21.1. The summed E-state index contributed by atoms with van der Waals surface area (Å²) in [6.07, 6.45) is -0.744. The number of carboxylic acid groups (broad SMARTS) is 2. The standard InChI is InChI=1S/C8H13N3O6/c9-2-5(12)10-3-6(13)11-4(8(16)17)1-7(14)15/h4H,1-3,9H2,(H,10,12)(H,11,13)(H,14,15)(H,16,17). The molecule has 0 fully saturated rings. The molecule has 0 aliphatic carbocycles. The highest BCUT2D eigenvalue weighted by molar-refractivity contribution is 5.89. The van der Waals surface area contributed by atoms with Crippen molar-refractivity contribution in [3.8, 4) is 0 Å². The van der Waals surface area contributed by atoms with Crippen LogP contribution in [-0.2, 0) is 19.2 Å². The summed E-state index contributed by atoms with van der Waals surface area (Å²) in [5.41, 5.74) is 4.96. The van der Waals surface area contributed by atoms with Crippen molar-refractivity contribution in [2.45, 2.75) is 12.5 Å². The van der Waals surface area contributed by atoms with Crippen molar-refractivity contribution in [2.75, 3.05) is 13.1 Å². The van der Waals surface area contributed by atoms with Gasteiger partial charge in [-0.1, -0.05) is 0 Å². The van der Waals surface area contributed by atoms with E-state index >= 15 is 0 Å². The molecule has 1 unspecified atom stereocenters. The monoisotopic (exact) mass is 247 g/mol. The number of amides is 2.